The molecule has 0 saturated heterocycles. The van der Waals surface area contributed by atoms with E-state index < -0.39 is 11.0 Å². The van der Waals surface area contributed by atoms with Crippen LogP contribution in [-0.4, -0.2) is 19.6 Å². The summed E-state index contributed by atoms with van der Waals surface area (Å²) in [5.41, 5.74) is 0.502. The van der Waals surface area contributed by atoms with E-state index in [1.807, 2.05) is 7.05 Å². The van der Waals surface area contributed by atoms with Crippen molar-refractivity contribution in [3.63, 3.8) is 0 Å². The highest BCUT2D eigenvalue weighted by molar-refractivity contribution is 7.99. The van der Waals surface area contributed by atoms with Crippen molar-refractivity contribution in [1.29, 1.82) is 0 Å². The maximum absolute atomic E-state index is 11.1. The fourth-order valence-electron chi connectivity index (χ4n) is 1.57. The standard InChI is InChI=1S/C12H13N3O3S/c1-8(16)9-3-4-11(10(7-9)15(17)18)19-12-13-5-6-14(12)2/h3-8,16H,1-2H3/t8-/m1/s1. The van der Waals surface area contributed by atoms with Gasteiger partial charge in [-0.05, 0) is 30.3 Å². The molecule has 0 saturated carbocycles. The molecule has 0 aliphatic heterocycles. The number of rotatable bonds is 4. The topological polar surface area (TPSA) is 81.2 Å². The zero-order chi connectivity index (χ0) is 14.0. The van der Waals surface area contributed by atoms with Gasteiger partial charge in [-0.2, -0.15) is 0 Å². The van der Waals surface area contributed by atoms with Gasteiger partial charge in [-0.25, -0.2) is 4.98 Å². The molecule has 19 heavy (non-hydrogen) atoms. The largest absolute Gasteiger partial charge is 0.389 e. The van der Waals surface area contributed by atoms with Gasteiger partial charge in [0.1, 0.15) is 0 Å². The minimum atomic E-state index is -0.731. The number of imidazole rings is 1. The normalized spacial score (nSPS) is 12.4. The number of nitro groups is 1. The molecule has 0 aliphatic rings. The first kappa shape index (κ1) is 13.6. The molecule has 100 valence electrons. The number of hydrogen-bond donors (Lipinski definition) is 1. The number of aliphatic hydroxyl groups is 1. The van der Waals surface area contributed by atoms with Crippen LogP contribution in [-0.2, 0) is 7.05 Å². The number of nitrogens with zero attached hydrogens (tertiary/aromatic N) is 3. The molecule has 2 rings (SSSR count). The Balaban J connectivity index is 2.40. The van der Waals surface area contributed by atoms with Crippen molar-refractivity contribution in [1.82, 2.24) is 9.55 Å². The summed E-state index contributed by atoms with van der Waals surface area (Å²) >= 11 is 1.22. The molecule has 0 fully saturated rings. The van der Waals surface area contributed by atoms with Crippen LogP contribution in [0.3, 0.4) is 0 Å². The van der Waals surface area contributed by atoms with E-state index in [0.29, 0.717) is 15.6 Å². The van der Waals surface area contributed by atoms with Crippen molar-refractivity contribution < 1.29 is 10.0 Å². The minimum absolute atomic E-state index is 0.0219. The highest BCUT2D eigenvalue weighted by Gasteiger charge is 2.18. The second-order valence-corrected chi connectivity index (χ2v) is 5.09. The highest BCUT2D eigenvalue weighted by atomic mass is 32.2. The van der Waals surface area contributed by atoms with Crippen LogP contribution in [0, 0.1) is 10.1 Å². The molecule has 1 aromatic carbocycles. The van der Waals surface area contributed by atoms with Gasteiger partial charge in [-0.3, -0.25) is 10.1 Å². The molecule has 1 atom stereocenters. The van der Waals surface area contributed by atoms with Crippen molar-refractivity contribution in [2.24, 2.45) is 7.05 Å². The van der Waals surface area contributed by atoms with Crippen LogP contribution >= 0.6 is 11.8 Å². The molecule has 1 aromatic heterocycles. The Kier molecular flexibility index (Phi) is 3.87. The molecule has 7 heteroatoms. The zero-order valence-electron chi connectivity index (χ0n) is 10.5. The van der Waals surface area contributed by atoms with E-state index in [9.17, 15) is 15.2 Å². The summed E-state index contributed by atoms with van der Waals surface area (Å²) in [5.74, 6) is 0. The molecule has 1 heterocycles. The number of hydrogen-bond acceptors (Lipinski definition) is 5. The third-order valence-corrected chi connectivity index (χ3v) is 3.78. The van der Waals surface area contributed by atoms with E-state index in [2.05, 4.69) is 4.98 Å². The smallest absolute Gasteiger partial charge is 0.283 e. The van der Waals surface area contributed by atoms with Gasteiger partial charge in [0.25, 0.3) is 5.69 Å². The summed E-state index contributed by atoms with van der Waals surface area (Å²) in [5, 5.41) is 21.2. The molecule has 1 N–H and O–H groups in total. The van der Waals surface area contributed by atoms with Gasteiger partial charge < -0.3 is 9.67 Å². The van der Waals surface area contributed by atoms with Gasteiger partial charge >= 0.3 is 0 Å². The lowest BCUT2D eigenvalue weighted by molar-refractivity contribution is -0.387. The van der Waals surface area contributed by atoms with Gasteiger partial charge in [0, 0.05) is 25.5 Å². The summed E-state index contributed by atoms with van der Waals surface area (Å²) in [4.78, 5) is 15.3. The number of benzene rings is 1. The lowest BCUT2D eigenvalue weighted by Crippen LogP contribution is -1.97. The highest BCUT2D eigenvalue weighted by Crippen LogP contribution is 2.35. The molecular formula is C12H13N3O3S. The van der Waals surface area contributed by atoms with Crippen molar-refractivity contribution in [3.8, 4) is 0 Å². The van der Waals surface area contributed by atoms with Gasteiger partial charge in [0.2, 0.25) is 0 Å². The van der Waals surface area contributed by atoms with E-state index >= 15 is 0 Å². The number of aryl methyl sites for hydroxylation is 1. The summed E-state index contributed by atoms with van der Waals surface area (Å²) in [6, 6.07) is 4.72. The molecule has 2 aromatic rings. The van der Waals surface area contributed by atoms with Crippen molar-refractivity contribution in [2.45, 2.75) is 23.1 Å². The van der Waals surface area contributed by atoms with Crippen LogP contribution in [0.25, 0.3) is 0 Å². The molecule has 0 amide bonds. The Labute approximate surface area is 114 Å². The molecule has 0 aliphatic carbocycles. The van der Waals surface area contributed by atoms with Crippen LogP contribution < -0.4 is 0 Å². The average Bonchev–Trinajstić information content (AvgIpc) is 2.75. The van der Waals surface area contributed by atoms with E-state index in [1.165, 1.54) is 17.8 Å². The predicted molar refractivity (Wildman–Crippen MR) is 71.1 cm³/mol. The van der Waals surface area contributed by atoms with E-state index in [4.69, 9.17) is 0 Å². The molecule has 0 unspecified atom stereocenters. The Morgan fingerprint density at radius 3 is 2.79 bits per heavy atom. The molecule has 6 nitrogen and oxygen atoms in total. The Morgan fingerprint density at radius 1 is 1.53 bits per heavy atom. The summed E-state index contributed by atoms with van der Waals surface area (Å²) in [7, 11) is 1.82. The fraction of sp³-hybridized carbons (Fsp3) is 0.250. The van der Waals surface area contributed by atoms with Crippen LogP contribution in [0.1, 0.15) is 18.6 Å². The van der Waals surface area contributed by atoms with E-state index in [1.54, 1.807) is 36.0 Å². The fourth-order valence-corrected chi connectivity index (χ4v) is 2.46. The maximum atomic E-state index is 11.1. The first-order chi connectivity index (χ1) is 8.99. The van der Waals surface area contributed by atoms with E-state index in [-0.39, 0.29) is 5.69 Å². The minimum Gasteiger partial charge on any atom is -0.389 e. The predicted octanol–water partition coefficient (Wildman–Crippen LogP) is 2.53. The second-order valence-electron chi connectivity index (χ2n) is 4.08. The number of aliphatic hydroxyl groups excluding tert-OH is 1. The summed E-state index contributed by atoms with van der Waals surface area (Å²) < 4.78 is 1.79. The van der Waals surface area contributed by atoms with Crippen LogP contribution in [0.5, 0.6) is 0 Å². The van der Waals surface area contributed by atoms with Gasteiger partial charge in [-0.15, -0.1) is 0 Å². The summed E-state index contributed by atoms with van der Waals surface area (Å²) in [6.45, 7) is 1.57. The van der Waals surface area contributed by atoms with Gasteiger partial charge in [0.05, 0.1) is 15.9 Å². The Morgan fingerprint density at radius 2 is 2.26 bits per heavy atom. The maximum Gasteiger partial charge on any atom is 0.283 e. The van der Waals surface area contributed by atoms with E-state index in [0.717, 1.165) is 0 Å². The van der Waals surface area contributed by atoms with Crippen molar-refractivity contribution in [2.75, 3.05) is 0 Å². The molecule has 0 radical (unpaired) electrons. The van der Waals surface area contributed by atoms with Gasteiger partial charge in [-0.1, -0.05) is 6.07 Å². The van der Waals surface area contributed by atoms with Crippen LogP contribution in [0.4, 0.5) is 5.69 Å². The quantitative estimate of drug-likeness (QED) is 0.687. The first-order valence-electron chi connectivity index (χ1n) is 5.60. The van der Waals surface area contributed by atoms with Crippen molar-refractivity contribution >= 4 is 17.4 Å². The van der Waals surface area contributed by atoms with Gasteiger partial charge in [0.15, 0.2) is 5.16 Å². The third kappa shape index (κ3) is 2.94. The second kappa shape index (κ2) is 5.41. The average molecular weight is 279 g/mol. The summed E-state index contributed by atoms with van der Waals surface area (Å²) in [6.07, 6.45) is 2.68. The Hall–Kier alpha value is -1.86. The van der Waals surface area contributed by atoms with Crippen LogP contribution in [0.2, 0.25) is 0 Å². The molecule has 0 spiro atoms. The van der Waals surface area contributed by atoms with Crippen LogP contribution in [0.15, 0.2) is 40.6 Å². The number of aromatic nitrogens is 2. The third-order valence-electron chi connectivity index (χ3n) is 2.64. The zero-order valence-corrected chi connectivity index (χ0v) is 11.3. The molecular weight excluding hydrogens is 266 g/mol. The first-order valence-corrected chi connectivity index (χ1v) is 6.42. The molecule has 0 bridgehead atoms. The lowest BCUT2D eigenvalue weighted by atomic mass is 10.1. The number of nitro benzene ring substituents is 1. The monoisotopic (exact) mass is 279 g/mol. The lowest BCUT2D eigenvalue weighted by Gasteiger charge is -2.07. The van der Waals surface area contributed by atoms with Crippen molar-refractivity contribution in [3.05, 3.63) is 46.3 Å². The Bertz CT molecular complexity index is 610. The SMILES string of the molecule is C[C@@H](O)c1ccc(Sc2nccn2C)c([N+](=O)[O-])c1.